The van der Waals surface area contributed by atoms with Crippen LogP contribution in [0.2, 0.25) is 0 Å². The molecule has 0 aliphatic rings. The molecule has 0 bridgehead atoms. The van der Waals surface area contributed by atoms with Gasteiger partial charge in [0, 0.05) is 6.54 Å². The van der Waals surface area contributed by atoms with Gasteiger partial charge in [0.05, 0.1) is 5.69 Å². The van der Waals surface area contributed by atoms with Crippen LogP contribution in [0, 0.1) is 12.3 Å². The van der Waals surface area contributed by atoms with Gasteiger partial charge in [0.2, 0.25) is 0 Å². The highest BCUT2D eigenvalue weighted by atomic mass is 16.2. The summed E-state index contributed by atoms with van der Waals surface area (Å²) in [7, 11) is 0. The molecule has 0 aromatic heterocycles. The number of benzene rings is 1. The predicted molar refractivity (Wildman–Crippen MR) is 78.7 cm³/mol. The van der Waals surface area contributed by atoms with E-state index in [-0.39, 0.29) is 12.0 Å². The second kappa shape index (κ2) is 6.22. The SMILES string of the molecule is CCN(C(=O)NC(=N)N)c1c(C)cccc1C(C)C. The molecule has 2 amide bonds. The molecule has 0 saturated heterocycles. The largest absolute Gasteiger partial charge is 0.370 e. The third-order valence-electron chi connectivity index (χ3n) is 2.96. The number of urea groups is 1. The number of nitrogens with zero attached hydrogens (tertiary/aromatic N) is 1. The standard InChI is InChI=1S/C14H22N4O/c1-5-18(14(19)17-13(15)16)12-10(4)7-6-8-11(12)9(2)3/h6-9H,5H2,1-4H3,(H4,15,16,17,19). The number of nitrogens with one attached hydrogen (secondary N) is 2. The molecular formula is C14H22N4O. The van der Waals surface area contributed by atoms with Crippen molar-refractivity contribution >= 4 is 17.7 Å². The normalized spacial score (nSPS) is 10.4. The lowest BCUT2D eigenvalue weighted by Crippen LogP contribution is -2.46. The van der Waals surface area contributed by atoms with Crippen molar-refractivity contribution < 1.29 is 4.79 Å². The average molecular weight is 262 g/mol. The molecule has 0 heterocycles. The Morgan fingerprint density at radius 3 is 2.58 bits per heavy atom. The summed E-state index contributed by atoms with van der Waals surface area (Å²) in [6.07, 6.45) is 0. The van der Waals surface area contributed by atoms with Crippen molar-refractivity contribution in [1.29, 1.82) is 5.41 Å². The topological polar surface area (TPSA) is 82.2 Å². The van der Waals surface area contributed by atoms with Crippen molar-refractivity contribution in [3.63, 3.8) is 0 Å². The Labute approximate surface area is 114 Å². The monoisotopic (exact) mass is 262 g/mol. The average Bonchev–Trinajstić information content (AvgIpc) is 2.30. The molecule has 5 nitrogen and oxygen atoms in total. The third-order valence-corrected chi connectivity index (χ3v) is 2.96. The number of guanidine groups is 1. The number of para-hydroxylation sites is 1. The van der Waals surface area contributed by atoms with Gasteiger partial charge in [-0.25, -0.2) is 4.79 Å². The number of hydrogen-bond donors (Lipinski definition) is 3. The number of carbonyl (C=O) groups is 1. The molecule has 0 radical (unpaired) electrons. The van der Waals surface area contributed by atoms with Crippen LogP contribution in [0.3, 0.4) is 0 Å². The van der Waals surface area contributed by atoms with Crippen LogP contribution in [-0.4, -0.2) is 18.5 Å². The highest BCUT2D eigenvalue weighted by Crippen LogP contribution is 2.30. The molecule has 104 valence electrons. The van der Waals surface area contributed by atoms with E-state index in [1.54, 1.807) is 4.90 Å². The molecule has 4 N–H and O–H groups in total. The maximum Gasteiger partial charge on any atom is 0.328 e. The second-order valence-corrected chi connectivity index (χ2v) is 4.76. The van der Waals surface area contributed by atoms with E-state index < -0.39 is 0 Å². The molecule has 1 aromatic carbocycles. The fourth-order valence-electron chi connectivity index (χ4n) is 2.10. The Balaban J connectivity index is 3.24. The number of amides is 2. The van der Waals surface area contributed by atoms with Gasteiger partial charge in [-0.2, -0.15) is 0 Å². The first kappa shape index (κ1) is 15.0. The van der Waals surface area contributed by atoms with Gasteiger partial charge in [-0.3, -0.25) is 15.6 Å². The smallest absolute Gasteiger partial charge is 0.328 e. The zero-order chi connectivity index (χ0) is 14.6. The van der Waals surface area contributed by atoms with Crippen molar-refractivity contribution in [1.82, 2.24) is 5.32 Å². The van der Waals surface area contributed by atoms with Gasteiger partial charge < -0.3 is 5.73 Å². The van der Waals surface area contributed by atoms with E-state index in [4.69, 9.17) is 11.1 Å². The van der Waals surface area contributed by atoms with Crippen LogP contribution in [0.5, 0.6) is 0 Å². The number of carbonyl (C=O) groups excluding carboxylic acids is 1. The maximum absolute atomic E-state index is 12.1. The minimum Gasteiger partial charge on any atom is -0.370 e. The summed E-state index contributed by atoms with van der Waals surface area (Å²) < 4.78 is 0. The van der Waals surface area contributed by atoms with Crippen molar-refractivity contribution in [3.8, 4) is 0 Å². The van der Waals surface area contributed by atoms with Crippen LogP contribution >= 0.6 is 0 Å². The minimum absolute atomic E-state index is 0.314. The van der Waals surface area contributed by atoms with E-state index in [1.165, 1.54) is 0 Å². The van der Waals surface area contributed by atoms with Crippen molar-refractivity contribution in [2.24, 2.45) is 5.73 Å². The molecule has 1 rings (SSSR count). The molecule has 0 unspecified atom stereocenters. The quantitative estimate of drug-likeness (QED) is 0.578. The van der Waals surface area contributed by atoms with E-state index in [9.17, 15) is 4.79 Å². The Kier molecular flexibility index (Phi) is 4.92. The van der Waals surface area contributed by atoms with Gasteiger partial charge in [-0.05, 0) is 30.9 Å². The molecule has 0 spiro atoms. The first-order chi connectivity index (χ1) is 8.88. The minimum atomic E-state index is -0.369. The lowest BCUT2D eigenvalue weighted by Gasteiger charge is -2.27. The fourth-order valence-corrected chi connectivity index (χ4v) is 2.10. The zero-order valence-corrected chi connectivity index (χ0v) is 11.9. The predicted octanol–water partition coefficient (Wildman–Crippen LogP) is 2.55. The van der Waals surface area contributed by atoms with Crippen LogP contribution in [-0.2, 0) is 0 Å². The molecule has 1 aromatic rings. The summed E-state index contributed by atoms with van der Waals surface area (Å²) in [4.78, 5) is 13.7. The van der Waals surface area contributed by atoms with Gasteiger partial charge in [0.25, 0.3) is 0 Å². The Morgan fingerprint density at radius 1 is 1.47 bits per heavy atom. The summed E-state index contributed by atoms with van der Waals surface area (Å²) in [5, 5.41) is 9.50. The Morgan fingerprint density at radius 2 is 2.11 bits per heavy atom. The molecule has 0 atom stereocenters. The number of anilines is 1. The van der Waals surface area contributed by atoms with Crippen LogP contribution < -0.4 is 16.0 Å². The summed E-state index contributed by atoms with van der Waals surface area (Å²) in [5.74, 6) is -0.0304. The second-order valence-electron chi connectivity index (χ2n) is 4.76. The fraction of sp³-hybridized carbons (Fsp3) is 0.429. The van der Waals surface area contributed by atoms with Gasteiger partial charge in [-0.1, -0.05) is 32.0 Å². The van der Waals surface area contributed by atoms with Crippen molar-refractivity contribution in [2.45, 2.75) is 33.6 Å². The van der Waals surface area contributed by atoms with Gasteiger partial charge >= 0.3 is 6.03 Å². The number of aryl methyl sites for hydroxylation is 1. The first-order valence-corrected chi connectivity index (χ1v) is 6.40. The van der Waals surface area contributed by atoms with Crippen LogP contribution in [0.25, 0.3) is 0 Å². The van der Waals surface area contributed by atoms with Gasteiger partial charge in [0.1, 0.15) is 0 Å². The molecule has 0 saturated carbocycles. The third kappa shape index (κ3) is 3.47. The lowest BCUT2D eigenvalue weighted by molar-refractivity contribution is 0.250. The van der Waals surface area contributed by atoms with Crippen molar-refractivity contribution in [2.75, 3.05) is 11.4 Å². The molecule has 5 heteroatoms. The highest BCUT2D eigenvalue weighted by Gasteiger charge is 2.20. The highest BCUT2D eigenvalue weighted by molar-refractivity contribution is 6.03. The molecule has 0 aliphatic heterocycles. The Hall–Kier alpha value is -2.04. The molecular weight excluding hydrogens is 240 g/mol. The Bertz CT molecular complexity index is 482. The van der Waals surface area contributed by atoms with E-state index in [2.05, 4.69) is 19.2 Å². The summed E-state index contributed by atoms with van der Waals surface area (Å²) in [6.45, 7) is 8.58. The summed E-state index contributed by atoms with van der Waals surface area (Å²) in [5.41, 5.74) is 8.27. The van der Waals surface area contributed by atoms with E-state index in [1.807, 2.05) is 32.0 Å². The lowest BCUT2D eigenvalue weighted by atomic mass is 9.97. The van der Waals surface area contributed by atoms with Crippen LogP contribution in [0.1, 0.15) is 37.8 Å². The summed E-state index contributed by atoms with van der Waals surface area (Å²) in [6, 6.07) is 5.62. The molecule has 0 fully saturated rings. The van der Waals surface area contributed by atoms with E-state index in [0.717, 1.165) is 16.8 Å². The number of nitrogens with two attached hydrogens (primary N) is 1. The van der Waals surface area contributed by atoms with E-state index >= 15 is 0 Å². The first-order valence-electron chi connectivity index (χ1n) is 6.40. The molecule has 0 aliphatic carbocycles. The number of rotatable bonds is 3. The van der Waals surface area contributed by atoms with Gasteiger partial charge in [0.15, 0.2) is 5.96 Å². The maximum atomic E-state index is 12.1. The van der Waals surface area contributed by atoms with Gasteiger partial charge in [-0.15, -0.1) is 0 Å². The number of hydrogen-bond acceptors (Lipinski definition) is 2. The van der Waals surface area contributed by atoms with E-state index in [0.29, 0.717) is 12.5 Å². The van der Waals surface area contributed by atoms with Crippen molar-refractivity contribution in [3.05, 3.63) is 29.3 Å². The van der Waals surface area contributed by atoms with Crippen LogP contribution in [0.4, 0.5) is 10.5 Å². The zero-order valence-electron chi connectivity index (χ0n) is 11.9. The van der Waals surface area contributed by atoms with Crippen LogP contribution in [0.15, 0.2) is 18.2 Å². The summed E-state index contributed by atoms with van der Waals surface area (Å²) >= 11 is 0. The molecule has 19 heavy (non-hydrogen) atoms.